The number of hydrogen-bond acceptors (Lipinski definition) is 6. The molecule has 0 saturated heterocycles. The zero-order valence-electron chi connectivity index (χ0n) is 17.5. The third-order valence-corrected chi connectivity index (χ3v) is 6.65. The fourth-order valence-electron chi connectivity index (χ4n) is 4.88. The van der Waals surface area contributed by atoms with Crippen LogP contribution >= 0.6 is 0 Å². The quantitative estimate of drug-likeness (QED) is 0.742. The van der Waals surface area contributed by atoms with Crippen LogP contribution in [0.25, 0.3) is 0 Å². The van der Waals surface area contributed by atoms with Crippen LogP contribution < -0.4 is 5.32 Å². The maximum absolute atomic E-state index is 12.3. The highest BCUT2D eigenvalue weighted by molar-refractivity contribution is 5.69. The number of carbonyl (C=O) groups excluding carboxylic acids is 1. The molecule has 0 aliphatic heterocycles. The lowest BCUT2D eigenvalue weighted by Gasteiger charge is -2.51. The van der Waals surface area contributed by atoms with E-state index in [0.717, 1.165) is 38.5 Å². The molecule has 1 N–H and O–H groups in total. The van der Waals surface area contributed by atoms with E-state index in [1.165, 1.54) is 0 Å². The summed E-state index contributed by atoms with van der Waals surface area (Å²) >= 11 is 0. The summed E-state index contributed by atoms with van der Waals surface area (Å²) < 4.78 is 52.2. The minimum absolute atomic E-state index is 0.185. The number of carbonyl (C=O) groups is 1. The van der Waals surface area contributed by atoms with Gasteiger partial charge in [0.15, 0.2) is 0 Å². The molecule has 0 unspecified atom stereocenters. The van der Waals surface area contributed by atoms with Crippen LogP contribution in [0.5, 0.6) is 0 Å². The summed E-state index contributed by atoms with van der Waals surface area (Å²) in [7, 11) is 0. The number of amides is 1. The van der Waals surface area contributed by atoms with Gasteiger partial charge in [0.1, 0.15) is 5.60 Å². The molecule has 4 fully saturated rings. The van der Waals surface area contributed by atoms with Crippen molar-refractivity contribution in [3.63, 3.8) is 0 Å². The largest absolute Gasteiger partial charge is 0.522 e. The topological polar surface area (TPSA) is 86.5 Å². The van der Waals surface area contributed by atoms with Crippen LogP contribution in [-0.2, 0) is 14.9 Å². The van der Waals surface area contributed by atoms with Crippen molar-refractivity contribution in [2.24, 2.45) is 0 Å². The second-order valence-corrected chi connectivity index (χ2v) is 9.99. The molecule has 0 radical (unpaired) electrons. The number of nitrogens with zero attached hydrogens (tertiary/aromatic N) is 2. The van der Waals surface area contributed by atoms with E-state index < -0.39 is 24.2 Å². The maximum Gasteiger partial charge on any atom is 0.522 e. The van der Waals surface area contributed by atoms with Crippen molar-refractivity contribution in [1.82, 2.24) is 15.5 Å². The molecular weight excluding hydrogens is 403 g/mol. The van der Waals surface area contributed by atoms with Crippen molar-refractivity contribution in [3.8, 4) is 0 Å². The lowest BCUT2D eigenvalue weighted by molar-refractivity contribution is -0.352. The number of alkyl carbamates (subject to hydrolysis) is 1. The summed E-state index contributed by atoms with van der Waals surface area (Å²) in [6, 6.07) is 0. The van der Waals surface area contributed by atoms with Crippen molar-refractivity contribution < 1.29 is 31.9 Å². The van der Waals surface area contributed by atoms with E-state index in [2.05, 4.69) is 20.3 Å². The molecule has 4 aliphatic rings. The van der Waals surface area contributed by atoms with Crippen LogP contribution in [0.15, 0.2) is 4.42 Å². The first kappa shape index (κ1) is 21.4. The molecule has 168 valence electrons. The van der Waals surface area contributed by atoms with E-state index in [-0.39, 0.29) is 29.7 Å². The molecule has 1 amide bonds. The molecule has 4 saturated carbocycles. The third kappa shape index (κ3) is 4.43. The monoisotopic (exact) mass is 431 g/mol. The van der Waals surface area contributed by atoms with Crippen LogP contribution in [0.4, 0.5) is 18.0 Å². The number of halogens is 3. The Bertz CT molecular complexity index is 771. The summed E-state index contributed by atoms with van der Waals surface area (Å²) in [5, 5.41) is 11.4. The molecule has 1 aromatic heterocycles. The normalized spacial score (nSPS) is 33.8. The van der Waals surface area contributed by atoms with Gasteiger partial charge >= 0.3 is 12.5 Å². The third-order valence-electron chi connectivity index (χ3n) is 6.65. The highest BCUT2D eigenvalue weighted by atomic mass is 19.4. The Morgan fingerprint density at radius 1 is 1.07 bits per heavy atom. The van der Waals surface area contributed by atoms with Gasteiger partial charge in [-0.2, -0.15) is 0 Å². The second kappa shape index (κ2) is 7.10. The van der Waals surface area contributed by atoms with E-state index >= 15 is 0 Å². The first-order valence-electron chi connectivity index (χ1n) is 10.5. The van der Waals surface area contributed by atoms with Gasteiger partial charge in [-0.05, 0) is 72.1 Å². The van der Waals surface area contributed by atoms with Crippen molar-refractivity contribution >= 4 is 6.09 Å². The van der Waals surface area contributed by atoms with Crippen molar-refractivity contribution in [2.45, 2.75) is 107 Å². The van der Waals surface area contributed by atoms with Crippen LogP contribution in [-0.4, -0.2) is 39.9 Å². The zero-order chi connectivity index (χ0) is 21.8. The Morgan fingerprint density at radius 3 is 2.20 bits per heavy atom. The average Bonchev–Trinajstić information content (AvgIpc) is 3.06. The van der Waals surface area contributed by atoms with Crippen molar-refractivity contribution in [3.05, 3.63) is 11.8 Å². The maximum atomic E-state index is 12.3. The van der Waals surface area contributed by atoms with Gasteiger partial charge in [0.05, 0.1) is 6.10 Å². The molecule has 10 heteroatoms. The molecule has 2 bridgehead atoms. The molecule has 0 aromatic carbocycles. The highest BCUT2D eigenvalue weighted by Crippen LogP contribution is 2.53. The van der Waals surface area contributed by atoms with Gasteiger partial charge in [-0.1, -0.05) is 0 Å². The summed E-state index contributed by atoms with van der Waals surface area (Å²) in [6.07, 6.45) is -0.533. The Kier molecular flexibility index (Phi) is 5.06. The molecule has 0 atom stereocenters. The summed E-state index contributed by atoms with van der Waals surface area (Å²) in [4.78, 5) is 12.2. The number of alkyl halides is 3. The van der Waals surface area contributed by atoms with E-state index in [0.29, 0.717) is 11.8 Å². The second-order valence-electron chi connectivity index (χ2n) is 9.99. The number of ether oxygens (including phenoxy) is 2. The minimum atomic E-state index is -4.61. The minimum Gasteiger partial charge on any atom is -0.444 e. The predicted octanol–water partition coefficient (Wildman–Crippen LogP) is 4.72. The summed E-state index contributed by atoms with van der Waals surface area (Å²) in [5.41, 5.74) is -1.02. The van der Waals surface area contributed by atoms with Crippen LogP contribution in [0.3, 0.4) is 0 Å². The van der Waals surface area contributed by atoms with Crippen molar-refractivity contribution in [2.75, 3.05) is 0 Å². The molecule has 4 aliphatic carbocycles. The number of rotatable bonds is 4. The van der Waals surface area contributed by atoms with Gasteiger partial charge < -0.3 is 14.5 Å². The van der Waals surface area contributed by atoms with Gasteiger partial charge in [-0.3, -0.25) is 4.74 Å². The number of fused-ring (bicyclic) bond motifs is 3. The molecule has 1 heterocycles. The fraction of sp³-hybridized carbons (Fsp3) is 0.850. The smallest absolute Gasteiger partial charge is 0.444 e. The van der Waals surface area contributed by atoms with Gasteiger partial charge in [-0.25, -0.2) is 4.79 Å². The van der Waals surface area contributed by atoms with Crippen molar-refractivity contribution in [1.29, 1.82) is 0 Å². The summed E-state index contributed by atoms with van der Waals surface area (Å²) in [6.45, 7) is 5.51. The van der Waals surface area contributed by atoms with E-state index in [9.17, 15) is 18.0 Å². The SMILES string of the molecule is CC(C)(C)OC(=O)NC12CCC(c3nnc([C@H]4C[C@@H](OC(F)(F)F)C4)o3)(CC1)CC2. The van der Waals surface area contributed by atoms with Gasteiger partial charge in [-0.15, -0.1) is 23.4 Å². The number of aromatic nitrogens is 2. The lowest BCUT2D eigenvalue weighted by Crippen LogP contribution is -2.58. The van der Waals surface area contributed by atoms with Gasteiger partial charge in [0.2, 0.25) is 11.8 Å². The first-order valence-corrected chi connectivity index (χ1v) is 10.5. The Hall–Kier alpha value is -1.84. The van der Waals surface area contributed by atoms with Crippen LogP contribution in [0.2, 0.25) is 0 Å². The van der Waals surface area contributed by atoms with E-state index in [1.54, 1.807) is 0 Å². The Morgan fingerprint density at radius 2 is 1.67 bits per heavy atom. The predicted molar refractivity (Wildman–Crippen MR) is 98.7 cm³/mol. The van der Waals surface area contributed by atoms with Crippen LogP contribution in [0, 0.1) is 0 Å². The molecule has 0 spiro atoms. The molecular formula is C20H28F3N3O4. The first-order chi connectivity index (χ1) is 13.9. The van der Waals surface area contributed by atoms with Gasteiger partial charge in [0, 0.05) is 16.9 Å². The molecule has 1 aromatic rings. The zero-order valence-corrected chi connectivity index (χ0v) is 17.5. The summed E-state index contributed by atoms with van der Waals surface area (Å²) in [5.74, 6) is 0.786. The van der Waals surface area contributed by atoms with E-state index in [1.807, 2.05) is 20.8 Å². The number of hydrogen-bond donors (Lipinski definition) is 1. The Labute approximate surface area is 173 Å². The highest BCUT2D eigenvalue weighted by Gasteiger charge is 2.53. The van der Waals surface area contributed by atoms with E-state index in [4.69, 9.17) is 9.15 Å². The molecule has 30 heavy (non-hydrogen) atoms. The van der Waals surface area contributed by atoms with Gasteiger partial charge in [0.25, 0.3) is 0 Å². The lowest BCUT2D eigenvalue weighted by atomic mass is 9.57. The molecule has 5 rings (SSSR count). The standard InChI is InChI=1S/C20H28F3N3O4/c1-17(2,3)30-16(27)24-19-7-4-18(5-8-19,6-9-19)15-26-25-14(28-15)12-10-13(11-12)29-20(21,22)23/h12-13H,4-11H2,1-3H3,(H,24,27)/t12-,13+,18?,19?. The average molecular weight is 431 g/mol. The Balaban J connectivity index is 1.34. The fourth-order valence-corrected chi connectivity index (χ4v) is 4.88. The number of nitrogens with one attached hydrogen (secondary N) is 1. The van der Waals surface area contributed by atoms with Crippen LogP contribution in [0.1, 0.15) is 89.8 Å². The molecule has 7 nitrogen and oxygen atoms in total.